The molecule has 0 heterocycles. The highest BCUT2D eigenvalue weighted by molar-refractivity contribution is 5.84. The van der Waals surface area contributed by atoms with Crippen molar-refractivity contribution in [3.8, 4) is 0 Å². The van der Waals surface area contributed by atoms with Crippen molar-refractivity contribution in [2.75, 3.05) is 18.0 Å². The second-order valence-corrected chi connectivity index (χ2v) is 4.06. The summed E-state index contributed by atoms with van der Waals surface area (Å²) in [6.07, 6.45) is -0.570. The Labute approximate surface area is 105 Å². The van der Waals surface area contributed by atoms with Gasteiger partial charge in [0.1, 0.15) is 0 Å². The van der Waals surface area contributed by atoms with Crippen LogP contribution in [-0.4, -0.2) is 30.0 Å². The number of aliphatic hydroxyl groups is 1. The molecule has 1 rings (SSSR count). The number of primary amides is 2. The van der Waals surface area contributed by atoms with E-state index in [1.165, 1.54) is 4.90 Å². The minimum atomic E-state index is -0.570. The predicted octanol–water partition coefficient (Wildman–Crippen LogP) is -0.483. The van der Waals surface area contributed by atoms with Crippen molar-refractivity contribution in [2.45, 2.75) is 13.0 Å². The van der Waals surface area contributed by atoms with Crippen LogP contribution in [-0.2, 0) is 9.59 Å². The molecule has 0 bridgehead atoms. The van der Waals surface area contributed by atoms with Gasteiger partial charge in [-0.15, -0.1) is 0 Å². The van der Waals surface area contributed by atoms with E-state index in [1.54, 1.807) is 31.2 Å². The number of benzene rings is 1. The number of nitrogens with zero attached hydrogens (tertiary/aromatic N) is 1. The van der Waals surface area contributed by atoms with Crippen LogP contribution >= 0.6 is 0 Å². The highest BCUT2D eigenvalue weighted by atomic mass is 16.3. The van der Waals surface area contributed by atoms with E-state index in [2.05, 4.69) is 0 Å². The summed E-state index contributed by atoms with van der Waals surface area (Å²) in [5.74, 6) is -1.09. The van der Waals surface area contributed by atoms with Crippen molar-refractivity contribution >= 4 is 17.5 Å². The number of nitrogens with two attached hydrogens (primary N) is 2. The molecule has 18 heavy (non-hydrogen) atoms. The van der Waals surface area contributed by atoms with Gasteiger partial charge in [-0.1, -0.05) is 12.1 Å². The van der Waals surface area contributed by atoms with Crippen molar-refractivity contribution < 1.29 is 14.7 Å². The number of anilines is 1. The smallest absolute Gasteiger partial charge is 0.236 e. The average molecular weight is 251 g/mol. The van der Waals surface area contributed by atoms with E-state index in [9.17, 15) is 14.7 Å². The Morgan fingerprint density at radius 2 is 1.61 bits per heavy atom. The highest BCUT2D eigenvalue weighted by Gasteiger charge is 2.12. The Morgan fingerprint density at radius 3 is 1.94 bits per heavy atom. The lowest BCUT2D eigenvalue weighted by atomic mass is 10.1. The zero-order valence-corrected chi connectivity index (χ0v) is 10.2. The molecular formula is C12H17N3O3. The normalized spacial score (nSPS) is 11.9. The molecule has 0 radical (unpaired) electrons. The Balaban J connectivity index is 2.90. The molecular weight excluding hydrogens is 234 g/mol. The molecule has 0 saturated carbocycles. The van der Waals surface area contributed by atoms with Crippen LogP contribution in [0.5, 0.6) is 0 Å². The maximum atomic E-state index is 10.9. The predicted molar refractivity (Wildman–Crippen MR) is 67.7 cm³/mol. The number of rotatable bonds is 6. The molecule has 0 aromatic heterocycles. The zero-order valence-electron chi connectivity index (χ0n) is 10.2. The van der Waals surface area contributed by atoms with Crippen LogP contribution in [0.15, 0.2) is 24.3 Å². The molecule has 5 N–H and O–H groups in total. The van der Waals surface area contributed by atoms with Gasteiger partial charge in [-0.2, -0.15) is 0 Å². The van der Waals surface area contributed by atoms with Gasteiger partial charge in [0.25, 0.3) is 0 Å². The summed E-state index contributed by atoms with van der Waals surface area (Å²) < 4.78 is 0. The number of carbonyl (C=O) groups is 2. The molecule has 98 valence electrons. The summed E-state index contributed by atoms with van der Waals surface area (Å²) in [5.41, 5.74) is 11.6. The first-order valence-electron chi connectivity index (χ1n) is 5.49. The fourth-order valence-corrected chi connectivity index (χ4v) is 1.58. The van der Waals surface area contributed by atoms with Crippen LogP contribution in [0.2, 0.25) is 0 Å². The number of hydrogen-bond acceptors (Lipinski definition) is 4. The van der Waals surface area contributed by atoms with Gasteiger partial charge in [0.2, 0.25) is 11.8 Å². The molecule has 6 nitrogen and oxygen atoms in total. The SMILES string of the molecule is C[C@H](O)c1ccc(N(CC(N)=O)CC(N)=O)cc1. The number of carbonyl (C=O) groups excluding carboxylic acids is 2. The topological polar surface area (TPSA) is 110 Å². The molecule has 0 fully saturated rings. The standard InChI is InChI=1S/C12H17N3O3/c1-8(16)9-2-4-10(5-3-9)15(6-11(13)17)7-12(14)18/h2-5,8,16H,6-7H2,1H3,(H2,13,17)(H2,14,18)/t8-/m0/s1. The molecule has 6 heteroatoms. The van der Waals surface area contributed by atoms with Crippen LogP contribution in [0.25, 0.3) is 0 Å². The highest BCUT2D eigenvalue weighted by Crippen LogP contribution is 2.18. The maximum Gasteiger partial charge on any atom is 0.236 e. The monoisotopic (exact) mass is 251 g/mol. The van der Waals surface area contributed by atoms with Crippen LogP contribution in [0.3, 0.4) is 0 Å². The van der Waals surface area contributed by atoms with E-state index in [1.807, 2.05) is 0 Å². The minimum Gasteiger partial charge on any atom is -0.389 e. The first-order chi connectivity index (χ1) is 8.40. The molecule has 0 aliphatic carbocycles. The third kappa shape index (κ3) is 4.06. The summed E-state index contributed by atoms with van der Waals surface area (Å²) in [7, 11) is 0. The lowest BCUT2D eigenvalue weighted by Crippen LogP contribution is -2.39. The van der Waals surface area contributed by atoms with Crippen molar-refractivity contribution in [3.05, 3.63) is 29.8 Å². The van der Waals surface area contributed by atoms with E-state index in [0.717, 1.165) is 5.56 Å². The van der Waals surface area contributed by atoms with Gasteiger partial charge in [-0.25, -0.2) is 0 Å². The molecule has 0 unspecified atom stereocenters. The summed E-state index contributed by atoms with van der Waals surface area (Å²) in [6.45, 7) is 1.48. The van der Waals surface area contributed by atoms with Gasteiger partial charge in [0, 0.05) is 5.69 Å². The van der Waals surface area contributed by atoms with Crippen molar-refractivity contribution in [1.29, 1.82) is 0 Å². The van der Waals surface area contributed by atoms with Crippen molar-refractivity contribution in [1.82, 2.24) is 0 Å². The fourth-order valence-electron chi connectivity index (χ4n) is 1.58. The first kappa shape index (κ1) is 14.0. The van der Waals surface area contributed by atoms with E-state index in [4.69, 9.17) is 11.5 Å². The number of hydrogen-bond donors (Lipinski definition) is 3. The lowest BCUT2D eigenvalue weighted by Gasteiger charge is -2.22. The summed E-state index contributed by atoms with van der Waals surface area (Å²) >= 11 is 0. The first-order valence-corrected chi connectivity index (χ1v) is 5.49. The molecule has 2 amide bonds. The van der Waals surface area contributed by atoms with Gasteiger partial charge in [0.05, 0.1) is 19.2 Å². The van der Waals surface area contributed by atoms with Crippen LogP contribution in [0.1, 0.15) is 18.6 Å². The van der Waals surface area contributed by atoms with E-state index >= 15 is 0 Å². The van der Waals surface area contributed by atoms with E-state index in [0.29, 0.717) is 5.69 Å². The third-order valence-corrected chi connectivity index (χ3v) is 2.43. The number of amides is 2. The summed E-state index contributed by atoms with van der Waals surface area (Å²) in [5, 5.41) is 9.38. The molecule has 0 saturated heterocycles. The Bertz CT molecular complexity index is 413. The quantitative estimate of drug-likeness (QED) is 0.634. The molecule has 1 aromatic carbocycles. The molecule has 1 aromatic rings. The van der Waals surface area contributed by atoms with Gasteiger partial charge in [0.15, 0.2) is 0 Å². The van der Waals surface area contributed by atoms with Crippen molar-refractivity contribution in [2.24, 2.45) is 11.5 Å². The van der Waals surface area contributed by atoms with Gasteiger partial charge < -0.3 is 21.5 Å². The largest absolute Gasteiger partial charge is 0.389 e. The molecule has 0 aliphatic rings. The molecule has 1 atom stereocenters. The molecule has 0 aliphatic heterocycles. The van der Waals surface area contributed by atoms with Gasteiger partial charge >= 0.3 is 0 Å². The van der Waals surface area contributed by atoms with Crippen LogP contribution in [0.4, 0.5) is 5.69 Å². The zero-order chi connectivity index (χ0) is 13.7. The Morgan fingerprint density at radius 1 is 1.17 bits per heavy atom. The van der Waals surface area contributed by atoms with Gasteiger partial charge in [-0.3, -0.25) is 9.59 Å². The van der Waals surface area contributed by atoms with Crippen molar-refractivity contribution in [3.63, 3.8) is 0 Å². The fraction of sp³-hybridized carbons (Fsp3) is 0.333. The van der Waals surface area contributed by atoms with Crippen LogP contribution in [0, 0.1) is 0 Å². The van der Waals surface area contributed by atoms with E-state index in [-0.39, 0.29) is 13.1 Å². The third-order valence-electron chi connectivity index (χ3n) is 2.43. The maximum absolute atomic E-state index is 10.9. The summed E-state index contributed by atoms with van der Waals surface area (Å²) in [6, 6.07) is 6.84. The lowest BCUT2D eigenvalue weighted by molar-refractivity contribution is -0.117. The summed E-state index contributed by atoms with van der Waals surface area (Å²) in [4.78, 5) is 23.3. The van der Waals surface area contributed by atoms with Gasteiger partial charge in [-0.05, 0) is 24.6 Å². The molecule has 0 spiro atoms. The Kier molecular flexibility index (Phi) is 4.67. The Hall–Kier alpha value is -2.08. The second-order valence-electron chi connectivity index (χ2n) is 4.06. The average Bonchev–Trinajstić information content (AvgIpc) is 2.27. The van der Waals surface area contributed by atoms with E-state index < -0.39 is 17.9 Å². The minimum absolute atomic E-state index is 0.0863. The van der Waals surface area contributed by atoms with Crippen LogP contribution < -0.4 is 16.4 Å². The number of aliphatic hydroxyl groups excluding tert-OH is 1. The second kappa shape index (κ2) is 6.02.